The van der Waals surface area contributed by atoms with Gasteiger partial charge in [-0.2, -0.15) is 13.2 Å². The number of rotatable bonds is 4. The highest BCUT2D eigenvalue weighted by Gasteiger charge is 2.39. The molecule has 1 N–H and O–H groups in total. The van der Waals surface area contributed by atoms with Gasteiger partial charge in [-0.15, -0.1) is 11.3 Å². The van der Waals surface area contributed by atoms with Gasteiger partial charge in [-0.3, -0.25) is 9.78 Å². The van der Waals surface area contributed by atoms with E-state index in [9.17, 15) is 18.0 Å². The van der Waals surface area contributed by atoms with E-state index in [2.05, 4.69) is 10.3 Å². The summed E-state index contributed by atoms with van der Waals surface area (Å²) in [6.45, 7) is 0.324. The zero-order valence-corrected chi connectivity index (χ0v) is 15.8. The number of alkyl halides is 3. The molecule has 1 atom stereocenters. The number of nitrogens with zero attached hydrogens (tertiary/aromatic N) is 2. The predicted octanol–water partition coefficient (Wildman–Crippen LogP) is 5.58. The van der Waals surface area contributed by atoms with Crippen molar-refractivity contribution >= 4 is 34.5 Å². The van der Waals surface area contributed by atoms with Crippen molar-refractivity contribution in [2.24, 2.45) is 0 Å². The number of carbonyl (C=O) groups excluding carboxylic acids is 1. The number of fused-ring (bicyclic) bond motifs is 1. The molecule has 0 radical (unpaired) electrons. The molecule has 3 heterocycles. The van der Waals surface area contributed by atoms with Gasteiger partial charge < -0.3 is 10.2 Å². The normalized spacial score (nSPS) is 16.4. The summed E-state index contributed by atoms with van der Waals surface area (Å²) < 4.78 is 39.6. The molecule has 1 aliphatic rings. The lowest BCUT2D eigenvalue weighted by Gasteiger charge is -2.26. The topological polar surface area (TPSA) is 45.2 Å². The summed E-state index contributed by atoms with van der Waals surface area (Å²) in [7, 11) is 0. The number of amides is 1. The molecule has 1 aliphatic heterocycles. The maximum atomic E-state index is 13.2. The summed E-state index contributed by atoms with van der Waals surface area (Å²) >= 11 is 7.20. The number of anilines is 1. The van der Waals surface area contributed by atoms with Crippen LogP contribution in [-0.2, 0) is 12.7 Å². The molecule has 28 heavy (non-hydrogen) atoms. The van der Waals surface area contributed by atoms with Crippen LogP contribution in [0, 0.1) is 0 Å². The monoisotopic (exact) mass is 423 g/mol. The zero-order valence-electron chi connectivity index (χ0n) is 14.2. The van der Waals surface area contributed by atoms with E-state index >= 15 is 0 Å². The molecule has 4 nitrogen and oxygen atoms in total. The van der Waals surface area contributed by atoms with Crippen molar-refractivity contribution < 1.29 is 18.0 Å². The predicted molar refractivity (Wildman–Crippen MR) is 101 cm³/mol. The Labute approximate surface area is 167 Å². The minimum Gasteiger partial charge on any atom is -0.360 e. The van der Waals surface area contributed by atoms with Gasteiger partial charge in [0.2, 0.25) is 0 Å². The van der Waals surface area contributed by atoms with Gasteiger partial charge in [-0.25, -0.2) is 0 Å². The van der Waals surface area contributed by atoms with Gasteiger partial charge >= 0.3 is 6.18 Å². The van der Waals surface area contributed by atoms with E-state index in [-0.39, 0.29) is 16.6 Å². The molecule has 9 heteroatoms. The zero-order chi connectivity index (χ0) is 19.9. The Morgan fingerprint density at radius 2 is 2.04 bits per heavy atom. The molecule has 0 bridgehead atoms. The number of aromatic nitrogens is 1. The number of nitrogens with one attached hydrogen (secondary N) is 1. The van der Waals surface area contributed by atoms with Gasteiger partial charge in [-0.05, 0) is 41.8 Å². The molecule has 1 aromatic carbocycles. The number of hydrogen-bond donors (Lipinski definition) is 1. The van der Waals surface area contributed by atoms with Gasteiger partial charge in [-0.1, -0.05) is 17.7 Å². The first-order valence-corrected chi connectivity index (χ1v) is 9.52. The molecule has 0 saturated heterocycles. The number of hydrogen-bond acceptors (Lipinski definition) is 4. The van der Waals surface area contributed by atoms with Crippen LogP contribution >= 0.6 is 22.9 Å². The smallest absolute Gasteiger partial charge is 0.360 e. The van der Waals surface area contributed by atoms with Gasteiger partial charge in [0.05, 0.1) is 28.4 Å². The number of thiophene rings is 1. The van der Waals surface area contributed by atoms with Gasteiger partial charge in [0.25, 0.3) is 5.91 Å². The van der Waals surface area contributed by atoms with E-state index in [0.717, 1.165) is 10.9 Å². The van der Waals surface area contributed by atoms with Crippen molar-refractivity contribution in [2.75, 3.05) is 5.32 Å². The third-order valence-corrected chi connectivity index (χ3v) is 5.57. The maximum absolute atomic E-state index is 13.2. The lowest BCUT2D eigenvalue weighted by Crippen LogP contribution is -2.31. The van der Waals surface area contributed by atoms with Crippen LogP contribution < -0.4 is 5.32 Å². The molecule has 4 rings (SSSR count). The Hall–Kier alpha value is -2.58. The molecule has 0 unspecified atom stereocenters. The molecular weight excluding hydrogens is 411 g/mol. The summed E-state index contributed by atoms with van der Waals surface area (Å²) in [4.78, 5) is 19.7. The first kappa shape index (κ1) is 18.8. The first-order valence-electron chi connectivity index (χ1n) is 8.26. The fourth-order valence-electron chi connectivity index (χ4n) is 3.11. The van der Waals surface area contributed by atoms with Gasteiger partial charge in [0, 0.05) is 16.8 Å². The summed E-state index contributed by atoms with van der Waals surface area (Å²) in [5, 5.41) is 4.54. The van der Waals surface area contributed by atoms with Crippen LogP contribution in [0.4, 0.5) is 18.9 Å². The van der Waals surface area contributed by atoms with Crippen molar-refractivity contribution in [3.63, 3.8) is 0 Å². The lowest BCUT2D eigenvalue weighted by atomic mass is 10.1. The van der Waals surface area contributed by atoms with E-state index in [1.54, 1.807) is 23.2 Å². The summed E-state index contributed by atoms with van der Waals surface area (Å²) in [6.07, 6.45) is -3.71. The van der Waals surface area contributed by atoms with E-state index in [4.69, 9.17) is 11.6 Å². The first-order chi connectivity index (χ1) is 13.3. The van der Waals surface area contributed by atoms with Crippen LogP contribution in [0.15, 0.2) is 54.0 Å². The SMILES string of the molecule is O=C1c2cccnc2[C@H](Nc2ccc(Cl)c(C(F)(F)F)c2)N1Cc1cccs1. The molecule has 3 aromatic rings. The van der Waals surface area contributed by atoms with Crippen molar-refractivity contribution in [1.29, 1.82) is 0 Å². The van der Waals surface area contributed by atoms with Crippen LogP contribution in [0.5, 0.6) is 0 Å². The second-order valence-electron chi connectivity index (χ2n) is 6.19. The fourth-order valence-corrected chi connectivity index (χ4v) is 4.03. The minimum absolute atomic E-state index is 0.198. The second-order valence-corrected chi connectivity index (χ2v) is 7.63. The highest BCUT2D eigenvalue weighted by atomic mass is 35.5. The highest BCUT2D eigenvalue weighted by Crippen LogP contribution is 2.39. The minimum atomic E-state index is -4.58. The van der Waals surface area contributed by atoms with Crippen LogP contribution in [0.25, 0.3) is 0 Å². The average Bonchev–Trinajstić information content (AvgIpc) is 3.25. The average molecular weight is 424 g/mol. The van der Waals surface area contributed by atoms with Gasteiger partial charge in [0.15, 0.2) is 0 Å². The Kier molecular flexibility index (Phi) is 4.76. The maximum Gasteiger partial charge on any atom is 0.417 e. The van der Waals surface area contributed by atoms with Crippen molar-refractivity contribution in [3.8, 4) is 0 Å². The quantitative estimate of drug-likeness (QED) is 0.595. The molecule has 0 spiro atoms. The molecule has 0 aliphatic carbocycles. The van der Waals surface area contributed by atoms with Crippen LogP contribution in [0.1, 0.15) is 32.7 Å². The summed E-state index contributed by atoms with van der Waals surface area (Å²) in [5.41, 5.74) is 0.174. The Morgan fingerprint density at radius 3 is 2.75 bits per heavy atom. The molecule has 0 saturated carbocycles. The molecule has 0 fully saturated rings. The number of benzene rings is 1. The fraction of sp³-hybridized carbons (Fsp3) is 0.158. The standard InChI is InChI=1S/C19H13ClF3N3OS/c20-15-6-5-11(9-14(15)19(21,22)23)25-17-16-13(4-1-7-24-16)18(27)26(17)10-12-3-2-8-28-12/h1-9,17,25H,10H2/t17-/m1/s1. The summed E-state index contributed by atoms with van der Waals surface area (Å²) in [5.74, 6) is -0.223. The van der Waals surface area contributed by atoms with Crippen LogP contribution in [0.3, 0.4) is 0 Å². The van der Waals surface area contributed by atoms with Gasteiger partial charge in [0.1, 0.15) is 6.17 Å². The lowest BCUT2D eigenvalue weighted by molar-refractivity contribution is -0.137. The van der Waals surface area contributed by atoms with Crippen LogP contribution in [-0.4, -0.2) is 15.8 Å². The molecule has 2 aromatic heterocycles. The number of carbonyl (C=O) groups is 1. The Morgan fingerprint density at radius 1 is 1.21 bits per heavy atom. The molecule has 1 amide bonds. The Balaban J connectivity index is 1.70. The molecule has 144 valence electrons. The Bertz CT molecular complexity index is 1020. The molecular formula is C19H13ClF3N3OS. The van der Waals surface area contributed by atoms with Crippen molar-refractivity contribution in [2.45, 2.75) is 18.9 Å². The van der Waals surface area contributed by atoms with E-state index in [1.807, 2.05) is 17.5 Å². The third kappa shape index (κ3) is 3.45. The number of halogens is 4. The van der Waals surface area contributed by atoms with E-state index in [1.165, 1.54) is 23.5 Å². The van der Waals surface area contributed by atoms with Crippen LogP contribution in [0.2, 0.25) is 5.02 Å². The van der Waals surface area contributed by atoms with Crippen molar-refractivity contribution in [3.05, 3.63) is 80.8 Å². The van der Waals surface area contributed by atoms with E-state index < -0.39 is 17.9 Å². The third-order valence-electron chi connectivity index (χ3n) is 4.38. The van der Waals surface area contributed by atoms with Crippen molar-refractivity contribution in [1.82, 2.24) is 9.88 Å². The summed E-state index contributed by atoms with van der Waals surface area (Å²) in [6, 6.07) is 10.7. The largest absolute Gasteiger partial charge is 0.417 e. The highest BCUT2D eigenvalue weighted by molar-refractivity contribution is 7.09. The number of pyridine rings is 1. The second kappa shape index (κ2) is 7.10. The van der Waals surface area contributed by atoms with E-state index in [0.29, 0.717) is 17.8 Å².